The van der Waals surface area contributed by atoms with E-state index >= 15 is 0 Å². The summed E-state index contributed by atoms with van der Waals surface area (Å²) < 4.78 is 18.1. The normalized spacial score (nSPS) is 17.9. The molecule has 2 N–H and O–H groups in total. The third kappa shape index (κ3) is 4.90. The Morgan fingerprint density at radius 3 is 2.62 bits per heavy atom. The smallest absolute Gasteiger partial charge is 0.133 e. The predicted octanol–water partition coefficient (Wildman–Crippen LogP) is 2.75. The lowest BCUT2D eigenvalue weighted by atomic mass is 10.0. The summed E-state index contributed by atoms with van der Waals surface area (Å²) >= 11 is 0. The average Bonchev–Trinajstić information content (AvgIpc) is 3.15. The van der Waals surface area contributed by atoms with Crippen LogP contribution < -0.4 is 5.32 Å². The van der Waals surface area contributed by atoms with E-state index in [0.29, 0.717) is 18.3 Å². The van der Waals surface area contributed by atoms with E-state index in [0.717, 1.165) is 38.9 Å². The maximum atomic E-state index is 12.9. The standard InChI is InChI=1S/C19H25FN2O2/c20-16-5-3-15(4-6-16)7-10-22-11-8-17(9-12-22)21-14-18(23)19-2-1-13-24-19/h1-6,13,17-18,21,23H,7-12,14H2. The van der Waals surface area contributed by atoms with Crippen LogP contribution in [0, 0.1) is 5.82 Å². The number of hydrogen-bond donors (Lipinski definition) is 2. The summed E-state index contributed by atoms with van der Waals surface area (Å²) in [6.45, 7) is 3.63. The zero-order valence-corrected chi connectivity index (χ0v) is 13.8. The number of aliphatic hydroxyl groups is 1. The Labute approximate surface area is 142 Å². The van der Waals surface area contributed by atoms with E-state index in [9.17, 15) is 9.50 Å². The highest BCUT2D eigenvalue weighted by molar-refractivity contribution is 5.16. The molecular formula is C19H25FN2O2. The number of furan rings is 1. The van der Waals surface area contributed by atoms with Crippen molar-refractivity contribution in [2.75, 3.05) is 26.2 Å². The van der Waals surface area contributed by atoms with Crippen LogP contribution in [0.2, 0.25) is 0 Å². The number of rotatable bonds is 7. The molecule has 1 aromatic carbocycles. The SMILES string of the molecule is OC(CNC1CCN(CCc2ccc(F)cc2)CC1)c1ccco1. The van der Waals surface area contributed by atoms with Crippen molar-refractivity contribution in [1.29, 1.82) is 0 Å². The maximum Gasteiger partial charge on any atom is 0.133 e. The summed E-state index contributed by atoms with van der Waals surface area (Å²) in [5, 5.41) is 13.5. The van der Waals surface area contributed by atoms with Crippen molar-refractivity contribution in [3.05, 3.63) is 59.8 Å². The summed E-state index contributed by atoms with van der Waals surface area (Å²) in [6, 6.07) is 10.8. The Balaban J connectivity index is 1.34. The fourth-order valence-corrected chi connectivity index (χ4v) is 3.16. The first-order valence-electron chi connectivity index (χ1n) is 8.62. The van der Waals surface area contributed by atoms with Gasteiger partial charge in [0.15, 0.2) is 0 Å². The van der Waals surface area contributed by atoms with Crippen LogP contribution in [0.5, 0.6) is 0 Å². The second kappa shape index (κ2) is 8.42. The fourth-order valence-electron chi connectivity index (χ4n) is 3.16. The molecule has 4 nitrogen and oxygen atoms in total. The Morgan fingerprint density at radius 1 is 1.21 bits per heavy atom. The molecule has 1 unspecified atom stereocenters. The molecule has 3 rings (SSSR count). The number of piperidine rings is 1. The van der Waals surface area contributed by atoms with Crippen LogP contribution in [0.4, 0.5) is 4.39 Å². The quantitative estimate of drug-likeness (QED) is 0.818. The molecule has 2 heterocycles. The van der Waals surface area contributed by atoms with Gasteiger partial charge in [0.2, 0.25) is 0 Å². The lowest BCUT2D eigenvalue weighted by Gasteiger charge is -2.32. The second-order valence-electron chi connectivity index (χ2n) is 6.43. The molecule has 130 valence electrons. The van der Waals surface area contributed by atoms with Crippen LogP contribution in [0.3, 0.4) is 0 Å². The van der Waals surface area contributed by atoms with Crippen molar-refractivity contribution in [2.24, 2.45) is 0 Å². The van der Waals surface area contributed by atoms with Gasteiger partial charge in [-0.3, -0.25) is 0 Å². The van der Waals surface area contributed by atoms with Crippen molar-refractivity contribution < 1.29 is 13.9 Å². The van der Waals surface area contributed by atoms with E-state index in [4.69, 9.17) is 4.42 Å². The largest absolute Gasteiger partial charge is 0.467 e. The van der Waals surface area contributed by atoms with Gasteiger partial charge < -0.3 is 19.7 Å². The maximum absolute atomic E-state index is 12.9. The zero-order chi connectivity index (χ0) is 16.8. The number of hydrogen-bond acceptors (Lipinski definition) is 4. The Hall–Kier alpha value is -1.69. The lowest BCUT2D eigenvalue weighted by molar-refractivity contribution is 0.132. The molecule has 1 fully saturated rings. The van der Waals surface area contributed by atoms with Gasteiger partial charge in [-0.1, -0.05) is 12.1 Å². The second-order valence-corrected chi connectivity index (χ2v) is 6.43. The van der Waals surface area contributed by atoms with Crippen molar-refractivity contribution in [3.63, 3.8) is 0 Å². The van der Waals surface area contributed by atoms with Crippen LogP contribution >= 0.6 is 0 Å². The number of nitrogens with one attached hydrogen (secondary N) is 1. The van der Waals surface area contributed by atoms with Gasteiger partial charge in [-0.25, -0.2) is 4.39 Å². The van der Waals surface area contributed by atoms with E-state index in [1.807, 2.05) is 12.1 Å². The summed E-state index contributed by atoms with van der Waals surface area (Å²) in [5.74, 6) is 0.432. The fraction of sp³-hybridized carbons (Fsp3) is 0.474. The third-order valence-electron chi connectivity index (χ3n) is 4.69. The lowest BCUT2D eigenvalue weighted by Crippen LogP contribution is -2.44. The molecular weight excluding hydrogens is 307 g/mol. The van der Waals surface area contributed by atoms with Crippen molar-refractivity contribution in [3.8, 4) is 0 Å². The molecule has 1 aromatic heterocycles. The molecule has 1 atom stereocenters. The number of aliphatic hydroxyl groups excluding tert-OH is 1. The minimum Gasteiger partial charge on any atom is -0.467 e. The highest BCUT2D eigenvalue weighted by atomic mass is 19.1. The molecule has 24 heavy (non-hydrogen) atoms. The summed E-state index contributed by atoms with van der Waals surface area (Å²) in [4.78, 5) is 2.45. The van der Waals surface area contributed by atoms with Crippen LogP contribution in [0.25, 0.3) is 0 Å². The van der Waals surface area contributed by atoms with Crippen LogP contribution in [0.1, 0.15) is 30.3 Å². The van der Waals surface area contributed by atoms with E-state index in [1.54, 1.807) is 18.4 Å². The summed E-state index contributed by atoms with van der Waals surface area (Å²) in [6.07, 6.45) is 4.10. The Bertz CT molecular complexity index is 592. The number of likely N-dealkylation sites (tertiary alicyclic amines) is 1. The van der Waals surface area contributed by atoms with E-state index in [1.165, 1.54) is 17.7 Å². The first-order chi connectivity index (χ1) is 11.7. The van der Waals surface area contributed by atoms with Crippen molar-refractivity contribution in [1.82, 2.24) is 10.2 Å². The van der Waals surface area contributed by atoms with Gasteiger partial charge in [0.1, 0.15) is 17.7 Å². The molecule has 0 spiro atoms. The predicted molar refractivity (Wildman–Crippen MR) is 91.2 cm³/mol. The van der Waals surface area contributed by atoms with Gasteiger partial charge in [0.05, 0.1) is 6.26 Å². The molecule has 1 aliphatic heterocycles. The molecule has 1 aliphatic rings. The third-order valence-corrected chi connectivity index (χ3v) is 4.69. The van der Waals surface area contributed by atoms with Gasteiger partial charge in [0.25, 0.3) is 0 Å². The van der Waals surface area contributed by atoms with E-state index in [2.05, 4.69) is 10.2 Å². The number of halogens is 1. The topological polar surface area (TPSA) is 48.6 Å². The van der Waals surface area contributed by atoms with Crippen LogP contribution in [-0.4, -0.2) is 42.2 Å². The first kappa shape index (κ1) is 17.1. The van der Waals surface area contributed by atoms with Gasteiger partial charge in [-0.05, 0) is 62.2 Å². The minimum atomic E-state index is -0.587. The van der Waals surface area contributed by atoms with Crippen molar-refractivity contribution >= 4 is 0 Å². The van der Waals surface area contributed by atoms with Crippen molar-refractivity contribution in [2.45, 2.75) is 31.4 Å². The van der Waals surface area contributed by atoms with Gasteiger partial charge in [-0.2, -0.15) is 0 Å². The Kier molecular flexibility index (Phi) is 6.01. The molecule has 0 radical (unpaired) electrons. The van der Waals surface area contributed by atoms with Gasteiger partial charge in [0, 0.05) is 19.1 Å². The molecule has 5 heteroatoms. The van der Waals surface area contributed by atoms with E-state index in [-0.39, 0.29) is 5.82 Å². The highest BCUT2D eigenvalue weighted by Gasteiger charge is 2.20. The minimum absolute atomic E-state index is 0.178. The monoisotopic (exact) mass is 332 g/mol. The molecule has 2 aromatic rings. The molecule has 0 aliphatic carbocycles. The Morgan fingerprint density at radius 2 is 1.96 bits per heavy atom. The average molecular weight is 332 g/mol. The highest BCUT2D eigenvalue weighted by Crippen LogP contribution is 2.15. The van der Waals surface area contributed by atoms with Gasteiger partial charge in [-0.15, -0.1) is 0 Å². The van der Waals surface area contributed by atoms with Gasteiger partial charge >= 0.3 is 0 Å². The molecule has 0 bridgehead atoms. The van der Waals surface area contributed by atoms with Crippen LogP contribution in [-0.2, 0) is 6.42 Å². The first-order valence-corrected chi connectivity index (χ1v) is 8.62. The number of nitrogens with zero attached hydrogens (tertiary/aromatic N) is 1. The van der Waals surface area contributed by atoms with Crippen LogP contribution in [0.15, 0.2) is 47.1 Å². The zero-order valence-electron chi connectivity index (χ0n) is 13.8. The molecule has 1 saturated heterocycles. The summed E-state index contributed by atoms with van der Waals surface area (Å²) in [7, 11) is 0. The molecule has 0 saturated carbocycles. The van der Waals surface area contributed by atoms with E-state index < -0.39 is 6.10 Å². The molecule has 0 amide bonds. The summed E-state index contributed by atoms with van der Waals surface area (Å²) in [5.41, 5.74) is 1.18. The number of benzene rings is 1.